The van der Waals surface area contributed by atoms with Gasteiger partial charge in [-0.1, -0.05) is 30.3 Å². The van der Waals surface area contributed by atoms with Gasteiger partial charge in [-0.3, -0.25) is 11.3 Å². The van der Waals surface area contributed by atoms with Gasteiger partial charge in [0.2, 0.25) is 0 Å². The van der Waals surface area contributed by atoms with Crippen molar-refractivity contribution in [2.75, 3.05) is 6.61 Å². The van der Waals surface area contributed by atoms with Crippen molar-refractivity contribution in [1.29, 1.82) is 0 Å². The van der Waals surface area contributed by atoms with E-state index in [0.717, 1.165) is 22.7 Å². The number of aromatic nitrogens is 1. The zero-order valence-electron chi connectivity index (χ0n) is 11.9. The lowest BCUT2D eigenvalue weighted by Crippen LogP contribution is -2.40. The largest absolute Gasteiger partial charge is 0.377 e. The van der Waals surface area contributed by atoms with Gasteiger partial charge in [0.25, 0.3) is 0 Å². The highest BCUT2D eigenvalue weighted by atomic mass is 32.1. The Morgan fingerprint density at radius 1 is 1.30 bits per heavy atom. The molecule has 0 radical (unpaired) electrons. The maximum Gasteiger partial charge on any atom is 0.0949 e. The second kappa shape index (κ2) is 7.50. The minimum absolute atomic E-state index is 0.0900. The minimum atomic E-state index is 0.0900. The van der Waals surface area contributed by atoms with Crippen LogP contribution in [0.1, 0.15) is 18.9 Å². The SMILES string of the molecule is CC(C)OCC(Cc1nc(-c2ccccc2)cs1)NN. The van der Waals surface area contributed by atoms with E-state index in [9.17, 15) is 0 Å². The summed E-state index contributed by atoms with van der Waals surface area (Å²) < 4.78 is 5.59. The fourth-order valence-corrected chi connectivity index (χ4v) is 2.72. The fourth-order valence-electron chi connectivity index (χ4n) is 1.83. The molecule has 1 unspecified atom stereocenters. The van der Waals surface area contributed by atoms with Crippen molar-refractivity contribution in [3.05, 3.63) is 40.7 Å². The predicted octanol–water partition coefficient (Wildman–Crippen LogP) is 2.61. The first-order valence-electron chi connectivity index (χ1n) is 6.76. The molecule has 0 saturated heterocycles. The van der Waals surface area contributed by atoms with Gasteiger partial charge in [-0.2, -0.15) is 0 Å². The van der Waals surface area contributed by atoms with Crippen LogP contribution in [0, 0.1) is 0 Å². The molecule has 108 valence electrons. The number of hydrogen-bond acceptors (Lipinski definition) is 5. The summed E-state index contributed by atoms with van der Waals surface area (Å²) in [5, 5.41) is 3.15. The molecule has 0 aliphatic carbocycles. The Kier molecular flexibility index (Phi) is 5.67. The van der Waals surface area contributed by atoms with E-state index < -0.39 is 0 Å². The lowest BCUT2D eigenvalue weighted by atomic mass is 10.2. The molecule has 1 aromatic carbocycles. The zero-order chi connectivity index (χ0) is 14.4. The van der Waals surface area contributed by atoms with Gasteiger partial charge in [-0.05, 0) is 13.8 Å². The molecule has 0 fully saturated rings. The Labute approximate surface area is 124 Å². The molecular formula is C15H21N3OS. The van der Waals surface area contributed by atoms with Crippen LogP contribution in [0.15, 0.2) is 35.7 Å². The van der Waals surface area contributed by atoms with Gasteiger partial charge in [0.15, 0.2) is 0 Å². The van der Waals surface area contributed by atoms with Gasteiger partial charge < -0.3 is 4.74 Å². The molecule has 4 nitrogen and oxygen atoms in total. The molecule has 0 amide bonds. The molecule has 0 saturated carbocycles. The Morgan fingerprint density at radius 3 is 2.70 bits per heavy atom. The molecule has 0 aliphatic heterocycles. The summed E-state index contributed by atoms with van der Waals surface area (Å²) in [4.78, 5) is 4.66. The predicted molar refractivity (Wildman–Crippen MR) is 83.5 cm³/mol. The van der Waals surface area contributed by atoms with E-state index in [0.29, 0.717) is 6.61 Å². The third-order valence-electron chi connectivity index (χ3n) is 2.91. The van der Waals surface area contributed by atoms with E-state index in [-0.39, 0.29) is 12.1 Å². The van der Waals surface area contributed by atoms with Gasteiger partial charge >= 0.3 is 0 Å². The second-order valence-electron chi connectivity index (χ2n) is 4.94. The first-order valence-corrected chi connectivity index (χ1v) is 7.64. The van der Waals surface area contributed by atoms with Crippen molar-refractivity contribution in [2.45, 2.75) is 32.4 Å². The first-order chi connectivity index (χ1) is 9.69. The van der Waals surface area contributed by atoms with Crippen LogP contribution in [-0.2, 0) is 11.2 Å². The minimum Gasteiger partial charge on any atom is -0.377 e. The molecule has 1 heterocycles. The highest BCUT2D eigenvalue weighted by Crippen LogP contribution is 2.22. The van der Waals surface area contributed by atoms with Crippen molar-refractivity contribution in [1.82, 2.24) is 10.4 Å². The van der Waals surface area contributed by atoms with E-state index >= 15 is 0 Å². The molecule has 2 aromatic rings. The third kappa shape index (κ3) is 4.38. The Morgan fingerprint density at radius 2 is 2.05 bits per heavy atom. The summed E-state index contributed by atoms with van der Waals surface area (Å²) in [5.74, 6) is 5.57. The van der Waals surface area contributed by atoms with Crippen LogP contribution >= 0.6 is 11.3 Å². The van der Waals surface area contributed by atoms with E-state index in [1.807, 2.05) is 32.0 Å². The summed E-state index contributed by atoms with van der Waals surface area (Å²) in [5.41, 5.74) is 4.96. The van der Waals surface area contributed by atoms with E-state index in [1.165, 1.54) is 0 Å². The van der Waals surface area contributed by atoms with Crippen LogP contribution in [0.4, 0.5) is 0 Å². The lowest BCUT2D eigenvalue weighted by molar-refractivity contribution is 0.0613. The number of nitrogens with one attached hydrogen (secondary N) is 1. The molecule has 1 atom stereocenters. The van der Waals surface area contributed by atoms with Crippen LogP contribution in [0.3, 0.4) is 0 Å². The normalized spacial score (nSPS) is 12.8. The maximum atomic E-state index is 5.59. The van der Waals surface area contributed by atoms with Gasteiger partial charge in [0.05, 0.1) is 29.5 Å². The second-order valence-corrected chi connectivity index (χ2v) is 5.88. The number of hydrazine groups is 1. The third-order valence-corrected chi connectivity index (χ3v) is 3.78. The molecule has 20 heavy (non-hydrogen) atoms. The maximum absolute atomic E-state index is 5.59. The molecule has 0 bridgehead atoms. The van der Waals surface area contributed by atoms with Gasteiger partial charge in [0, 0.05) is 17.4 Å². The molecule has 5 heteroatoms. The van der Waals surface area contributed by atoms with Crippen LogP contribution in [-0.4, -0.2) is 23.7 Å². The highest BCUT2D eigenvalue weighted by Gasteiger charge is 2.12. The molecule has 1 aromatic heterocycles. The molecular weight excluding hydrogens is 270 g/mol. The Balaban J connectivity index is 1.98. The number of benzene rings is 1. The molecule has 2 rings (SSSR count). The average molecular weight is 291 g/mol. The van der Waals surface area contributed by atoms with Crippen LogP contribution in [0.5, 0.6) is 0 Å². The number of nitrogens with zero attached hydrogens (tertiary/aromatic N) is 1. The number of ether oxygens (including phenoxy) is 1. The van der Waals surface area contributed by atoms with Crippen LogP contribution < -0.4 is 11.3 Å². The van der Waals surface area contributed by atoms with Gasteiger partial charge in [-0.15, -0.1) is 11.3 Å². The van der Waals surface area contributed by atoms with Crippen molar-refractivity contribution in [3.8, 4) is 11.3 Å². The van der Waals surface area contributed by atoms with E-state index in [2.05, 4.69) is 27.9 Å². The van der Waals surface area contributed by atoms with Crippen LogP contribution in [0.25, 0.3) is 11.3 Å². The number of rotatable bonds is 7. The summed E-state index contributed by atoms with van der Waals surface area (Å²) in [6.07, 6.45) is 0.989. The summed E-state index contributed by atoms with van der Waals surface area (Å²) in [6, 6.07) is 10.3. The zero-order valence-corrected chi connectivity index (χ0v) is 12.7. The summed E-state index contributed by atoms with van der Waals surface area (Å²) in [6.45, 7) is 4.63. The Hall–Kier alpha value is -1.27. The smallest absolute Gasteiger partial charge is 0.0949 e. The standard InChI is InChI=1S/C15H21N3OS/c1-11(2)19-9-13(18-16)8-15-17-14(10-20-15)12-6-4-3-5-7-12/h3-7,10-11,13,18H,8-9,16H2,1-2H3. The first kappa shape index (κ1) is 15.1. The van der Waals surface area contributed by atoms with Crippen LogP contribution in [0.2, 0.25) is 0 Å². The van der Waals surface area contributed by atoms with Crippen molar-refractivity contribution in [2.24, 2.45) is 5.84 Å². The van der Waals surface area contributed by atoms with Gasteiger partial charge in [-0.25, -0.2) is 4.98 Å². The quantitative estimate of drug-likeness (QED) is 0.608. The topological polar surface area (TPSA) is 60.2 Å². The lowest BCUT2D eigenvalue weighted by Gasteiger charge is -2.16. The molecule has 0 spiro atoms. The number of nitrogens with two attached hydrogens (primary N) is 1. The van der Waals surface area contributed by atoms with Crippen molar-refractivity contribution < 1.29 is 4.74 Å². The van der Waals surface area contributed by atoms with E-state index in [4.69, 9.17) is 10.6 Å². The molecule has 0 aliphatic rings. The Bertz CT molecular complexity index is 513. The number of hydrogen-bond donors (Lipinski definition) is 2. The summed E-state index contributed by atoms with van der Waals surface area (Å²) >= 11 is 1.66. The highest BCUT2D eigenvalue weighted by molar-refractivity contribution is 7.09. The van der Waals surface area contributed by atoms with E-state index in [1.54, 1.807) is 11.3 Å². The van der Waals surface area contributed by atoms with Gasteiger partial charge in [0.1, 0.15) is 0 Å². The van der Waals surface area contributed by atoms with Crippen molar-refractivity contribution >= 4 is 11.3 Å². The summed E-state index contributed by atoms with van der Waals surface area (Å²) in [7, 11) is 0. The average Bonchev–Trinajstić information content (AvgIpc) is 2.92. The van der Waals surface area contributed by atoms with Crippen molar-refractivity contribution in [3.63, 3.8) is 0 Å². The monoisotopic (exact) mass is 291 g/mol. The fraction of sp³-hybridized carbons (Fsp3) is 0.400. The molecule has 3 N–H and O–H groups in total. The number of thiazole rings is 1.